The van der Waals surface area contributed by atoms with E-state index in [2.05, 4.69) is 20.4 Å². The summed E-state index contributed by atoms with van der Waals surface area (Å²) in [5.74, 6) is 1.38. The minimum Gasteiger partial charge on any atom is -0.424 e. The third-order valence-corrected chi connectivity index (χ3v) is 2.85. The highest BCUT2D eigenvalue weighted by atomic mass is 16.4. The predicted molar refractivity (Wildman–Crippen MR) is 56.4 cm³/mol. The van der Waals surface area contributed by atoms with Gasteiger partial charge in [-0.1, -0.05) is 0 Å². The molecule has 1 N–H and O–H groups in total. The smallest absolute Gasteiger partial charge is 0.230 e. The van der Waals surface area contributed by atoms with Crippen LogP contribution in [0.2, 0.25) is 0 Å². The van der Waals surface area contributed by atoms with Gasteiger partial charge >= 0.3 is 0 Å². The highest BCUT2D eigenvalue weighted by molar-refractivity contribution is 4.86. The van der Waals surface area contributed by atoms with Gasteiger partial charge in [-0.3, -0.25) is 4.90 Å². The van der Waals surface area contributed by atoms with Crippen LogP contribution in [0.25, 0.3) is 0 Å². The lowest BCUT2D eigenvalue weighted by Gasteiger charge is -2.22. The van der Waals surface area contributed by atoms with Crippen molar-refractivity contribution in [1.29, 1.82) is 0 Å². The van der Waals surface area contributed by atoms with Gasteiger partial charge in [0.25, 0.3) is 0 Å². The average molecular weight is 210 g/mol. The average Bonchev–Trinajstić information content (AvgIpc) is 2.78. The van der Waals surface area contributed by atoms with E-state index < -0.39 is 0 Å². The van der Waals surface area contributed by atoms with E-state index >= 15 is 0 Å². The number of hydrogen-bond acceptors (Lipinski definition) is 5. The number of aryl methyl sites for hydroxylation is 1. The van der Waals surface area contributed by atoms with Gasteiger partial charge in [-0.2, -0.15) is 0 Å². The van der Waals surface area contributed by atoms with Crippen molar-refractivity contribution in [2.24, 2.45) is 0 Å². The lowest BCUT2D eigenvalue weighted by atomic mass is 10.2. The summed E-state index contributed by atoms with van der Waals surface area (Å²) in [6.45, 7) is 4.78. The van der Waals surface area contributed by atoms with E-state index in [4.69, 9.17) is 4.42 Å². The van der Waals surface area contributed by atoms with Crippen molar-refractivity contribution in [2.75, 3.05) is 20.1 Å². The van der Waals surface area contributed by atoms with E-state index in [9.17, 15) is 0 Å². The molecular formula is C10H18N4O. The van der Waals surface area contributed by atoms with Gasteiger partial charge in [0.1, 0.15) is 0 Å². The summed E-state index contributed by atoms with van der Waals surface area (Å²) in [4.78, 5) is 2.41. The molecule has 0 amide bonds. The first kappa shape index (κ1) is 10.6. The van der Waals surface area contributed by atoms with Crippen LogP contribution in [-0.2, 0) is 6.54 Å². The van der Waals surface area contributed by atoms with Crippen LogP contribution in [0.15, 0.2) is 4.42 Å². The first-order chi connectivity index (χ1) is 7.29. The molecule has 0 bridgehead atoms. The summed E-state index contributed by atoms with van der Waals surface area (Å²) in [7, 11) is 1.99. The van der Waals surface area contributed by atoms with Crippen LogP contribution in [0.3, 0.4) is 0 Å². The van der Waals surface area contributed by atoms with E-state index in [-0.39, 0.29) is 0 Å². The zero-order valence-corrected chi connectivity index (χ0v) is 9.36. The third-order valence-electron chi connectivity index (χ3n) is 2.85. The van der Waals surface area contributed by atoms with E-state index in [1.165, 1.54) is 12.8 Å². The van der Waals surface area contributed by atoms with Gasteiger partial charge in [0.2, 0.25) is 11.8 Å². The standard InChI is InChI=1S/C10H18N4O/c1-8-12-13-10(15-8)7-14-5-3-4-9(14)6-11-2/h9,11H,3-7H2,1-2H3. The van der Waals surface area contributed by atoms with Crippen molar-refractivity contribution in [3.05, 3.63) is 11.8 Å². The quantitative estimate of drug-likeness (QED) is 0.787. The number of nitrogens with zero attached hydrogens (tertiary/aromatic N) is 3. The van der Waals surface area contributed by atoms with Gasteiger partial charge in [0.05, 0.1) is 6.54 Å². The minimum atomic E-state index is 0.613. The Morgan fingerprint density at radius 1 is 1.53 bits per heavy atom. The molecule has 5 nitrogen and oxygen atoms in total. The maximum Gasteiger partial charge on any atom is 0.230 e. The van der Waals surface area contributed by atoms with Crippen molar-refractivity contribution < 1.29 is 4.42 Å². The van der Waals surface area contributed by atoms with Gasteiger partial charge < -0.3 is 9.73 Å². The molecule has 2 heterocycles. The molecule has 1 aromatic heterocycles. The lowest BCUT2D eigenvalue weighted by molar-refractivity contribution is 0.218. The zero-order chi connectivity index (χ0) is 10.7. The second kappa shape index (κ2) is 4.72. The Morgan fingerprint density at radius 2 is 2.40 bits per heavy atom. The molecular weight excluding hydrogens is 192 g/mol. The summed E-state index contributed by atoms with van der Waals surface area (Å²) >= 11 is 0. The largest absolute Gasteiger partial charge is 0.424 e. The molecule has 84 valence electrons. The van der Waals surface area contributed by atoms with Crippen molar-refractivity contribution in [1.82, 2.24) is 20.4 Å². The molecule has 5 heteroatoms. The predicted octanol–water partition coefficient (Wildman–Crippen LogP) is 0.562. The first-order valence-corrected chi connectivity index (χ1v) is 5.47. The van der Waals surface area contributed by atoms with Crippen LogP contribution >= 0.6 is 0 Å². The van der Waals surface area contributed by atoms with Crippen molar-refractivity contribution in [3.8, 4) is 0 Å². The summed E-state index contributed by atoms with van der Waals surface area (Å²) < 4.78 is 5.39. The molecule has 15 heavy (non-hydrogen) atoms. The van der Waals surface area contributed by atoms with E-state index in [1.54, 1.807) is 0 Å². The number of hydrogen-bond donors (Lipinski definition) is 1. The molecule has 0 aliphatic carbocycles. The zero-order valence-electron chi connectivity index (χ0n) is 9.36. The summed E-state index contributed by atoms with van der Waals surface area (Å²) in [5.41, 5.74) is 0. The van der Waals surface area contributed by atoms with Gasteiger partial charge in [-0.25, -0.2) is 0 Å². The number of aromatic nitrogens is 2. The maximum absolute atomic E-state index is 5.39. The van der Waals surface area contributed by atoms with Crippen LogP contribution in [0.4, 0.5) is 0 Å². The molecule has 1 aliphatic rings. The highest BCUT2D eigenvalue weighted by Gasteiger charge is 2.25. The van der Waals surface area contributed by atoms with E-state index in [1.807, 2.05) is 14.0 Å². The Kier molecular flexibility index (Phi) is 3.33. The number of likely N-dealkylation sites (tertiary alicyclic amines) is 1. The van der Waals surface area contributed by atoms with Gasteiger partial charge in [-0.15, -0.1) is 10.2 Å². The van der Waals surface area contributed by atoms with Gasteiger partial charge in [-0.05, 0) is 26.4 Å². The normalized spacial score (nSPS) is 22.4. The third kappa shape index (κ3) is 2.54. The van der Waals surface area contributed by atoms with Crippen molar-refractivity contribution in [3.63, 3.8) is 0 Å². The van der Waals surface area contributed by atoms with Gasteiger partial charge in [0, 0.05) is 19.5 Å². The molecule has 0 radical (unpaired) electrons. The van der Waals surface area contributed by atoms with Crippen molar-refractivity contribution in [2.45, 2.75) is 32.4 Å². The molecule has 2 rings (SSSR count). The fraction of sp³-hybridized carbons (Fsp3) is 0.800. The van der Waals surface area contributed by atoms with E-state index in [0.717, 1.165) is 25.5 Å². The number of likely N-dealkylation sites (N-methyl/N-ethyl adjacent to an activating group) is 1. The molecule has 0 aromatic carbocycles. The second-order valence-electron chi connectivity index (χ2n) is 4.04. The second-order valence-corrected chi connectivity index (χ2v) is 4.04. The number of nitrogens with one attached hydrogen (secondary N) is 1. The Labute approximate surface area is 89.9 Å². The summed E-state index contributed by atoms with van der Waals surface area (Å²) in [5, 5.41) is 11.1. The molecule has 1 saturated heterocycles. The van der Waals surface area contributed by atoms with Crippen LogP contribution < -0.4 is 5.32 Å². The van der Waals surface area contributed by atoms with Gasteiger partial charge in [0.15, 0.2) is 0 Å². The lowest BCUT2D eigenvalue weighted by Crippen LogP contribution is -2.36. The Balaban J connectivity index is 1.93. The molecule has 1 aromatic rings. The van der Waals surface area contributed by atoms with Crippen LogP contribution in [-0.4, -0.2) is 41.3 Å². The van der Waals surface area contributed by atoms with Crippen molar-refractivity contribution >= 4 is 0 Å². The molecule has 1 aliphatic heterocycles. The van der Waals surface area contributed by atoms with Crippen LogP contribution in [0.5, 0.6) is 0 Å². The topological polar surface area (TPSA) is 54.2 Å². The minimum absolute atomic E-state index is 0.613. The first-order valence-electron chi connectivity index (χ1n) is 5.47. The Hall–Kier alpha value is -0.940. The number of rotatable bonds is 4. The highest BCUT2D eigenvalue weighted by Crippen LogP contribution is 2.18. The SMILES string of the molecule is CNCC1CCCN1Cc1nnc(C)o1. The molecule has 0 saturated carbocycles. The summed E-state index contributed by atoms with van der Waals surface area (Å²) in [6.07, 6.45) is 2.52. The summed E-state index contributed by atoms with van der Waals surface area (Å²) in [6, 6.07) is 0.613. The maximum atomic E-state index is 5.39. The Morgan fingerprint density at radius 3 is 3.07 bits per heavy atom. The molecule has 1 fully saturated rings. The molecule has 1 atom stereocenters. The van der Waals surface area contributed by atoms with Crippen LogP contribution in [0.1, 0.15) is 24.6 Å². The monoisotopic (exact) mass is 210 g/mol. The fourth-order valence-electron chi connectivity index (χ4n) is 2.15. The fourth-order valence-corrected chi connectivity index (χ4v) is 2.15. The molecule has 0 spiro atoms. The van der Waals surface area contributed by atoms with E-state index in [0.29, 0.717) is 11.9 Å². The molecule has 1 unspecified atom stereocenters. The van der Waals surface area contributed by atoms with Crippen LogP contribution in [0, 0.1) is 6.92 Å². The Bertz CT molecular complexity index is 312.